The summed E-state index contributed by atoms with van der Waals surface area (Å²) in [6.07, 6.45) is 0. The zero-order valence-corrected chi connectivity index (χ0v) is 20.5. The summed E-state index contributed by atoms with van der Waals surface area (Å²) in [7, 11) is 0. The topological polar surface area (TPSA) is 52.8 Å². The second kappa shape index (κ2) is 8.61. The molecule has 0 N–H and O–H groups in total. The second-order valence-corrected chi connectivity index (χ2v) is 9.87. The lowest BCUT2D eigenvalue weighted by Crippen LogP contribution is -2.10. The molecule has 0 aliphatic carbocycles. The van der Waals surface area contributed by atoms with Crippen molar-refractivity contribution in [3.8, 4) is 28.6 Å². The number of para-hydroxylation sites is 3. The second-order valence-electron chi connectivity index (χ2n) is 9.87. The molecule has 6 aromatic rings. The number of fused-ring (bicyclic) bond motifs is 2. The third-order valence-corrected chi connectivity index (χ3v) is 6.25. The van der Waals surface area contributed by atoms with Crippen LogP contribution in [0.5, 0.6) is 11.5 Å². The summed E-state index contributed by atoms with van der Waals surface area (Å²) in [5, 5.41) is 0. The smallest absolute Gasteiger partial charge is 0.199 e. The number of aromatic nitrogens is 4. The van der Waals surface area contributed by atoms with Crippen molar-refractivity contribution in [2.24, 2.45) is 0 Å². The van der Waals surface area contributed by atoms with Crippen LogP contribution in [0.2, 0.25) is 0 Å². The lowest BCUT2D eigenvalue weighted by atomic mass is 9.87. The van der Waals surface area contributed by atoms with E-state index in [1.54, 1.807) is 0 Å². The van der Waals surface area contributed by atoms with Crippen LogP contribution in [0.25, 0.3) is 39.4 Å². The summed E-state index contributed by atoms with van der Waals surface area (Å²) < 4.78 is 8.08. The first-order chi connectivity index (χ1) is 17.5. The molecule has 5 heteroatoms. The van der Waals surface area contributed by atoms with E-state index in [1.165, 1.54) is 5.56 Å². The molecule has 0 spiro atoms. The van der Waals surface area contributed by atoms with Gasteiger partial charge in [-0.3, -0.25) is 4.57 Å². The summed E-state index contributed by atoms with van der Waals surface area (Å²) in [5.74, 6) is 2.37. The van der Waals surface area contributed by atoms with E-state index in [0.29, 0.717) is 5.65 Å². The van der Waals surface area contributed by atoms with Crippen LogP contribution in [0.15, 0.2) is 103 Å². The van der Waals surface area contributed by atoms with Gasteiger partial charge in [-0.25, -0.2) is 15.0 Å². The van der Waals surface area contributed by atoms with Crippen LogP contribution in [-0.2, 0) is 5.41 Å². The van der Waals surface area contributed by atoms with Crippen molar-refractivity contribution < 1.29 is 4.74 Å². The lowest BCUT2D eigenvalue weighted by Gasteiger charge is -2.19. The number of nitrogens with zero attached hydrogens (tertiary/aromatic N) is 4. The summed E-state index contributed by atoms with van der Waals surface area (Å²) in [6, 6.07) is 34.3. The van der Waals surface area contributed by atoms with Crippen LogP contribution in [0.4, 0.5) is 0 Å². The summed E-state index contributed by atoms with van der Waals surface area (Å²) in [5.41, 5.74) is 6.31. The number of benzene rings is 4. The molecule has 0 aliphatic rings. The normalized spacial score (nSPS) is 11.8. The Morgan fingerprint density at radius 1 is 0.611 bits per heavy atom. The molecule has 2 heterocycles. The maximum absolute atomic E-state index is 6.00. The van der Waals surface area contributed by atoms with E-state index in [-0.39, 0.29) is 5.41 Å². The predicted octanol–water partition coefficient (Wildman–Crippen LogP) is 7.73. The van der Waals surface area contributed by atoms with Gasteiger partial charge in [-0.2, -0.15) is 0 Å². The fourth-order valence-corrected chi connectivity index (χ4v) is 4.30. The van der Waals surface area contributed by atoms with Gasteiger partial charge in [0, 0.05) is 11.3 Å². The minimum Gasteiger partial charge on any atom is -0.457 e. The van der Waals surface area contributed by atoms with Gasteiger partial charge in [0.1, 0.15) is 17.3 Å². The summed E-state index contributed by atoms with van der Waals surface area (Å²) in [6.45, 7) is 6.65. The van der Waals surface area contributed by atoms with E-state index < -0.39 is 0 Å². The minimum absolute atomic E-state index is 0.0775. The van der Waals surface area contributed by atoms with Crippen LogP contribution >= 0.6 is 0 Å². The molecule has 0 saturated heterocycles. The Morgan fingerprint density at radius 3 is 1.89 bits per heavy atom. The van der Waals surface area contributed by atoms with E-state index in [4.69, 9.17) is 19.7 Å². The molecule has 36 heavy (non-hydrogen) atoms. The van der Waals surface area contributed by atoms with Crippen molar-refractivity contribution in [1.82, 2.24) is 19.5 Å². The number of hydrogen-bond donors (Lipinski definition) is 0. The summed E-state index contributed by atoms with van der Waals surface area (Å²) >= 11 is 0. The molecule has 0 fully saturated rings. The van der Waals surface area contributed by atoms with Gasteiger partial charge >= 0.3 is 0 Å². The molecule has 0 radical (unpaired) electrons. The van der Waals surface area contributed by atoms with Crippen LogP contribution in [0, 0.1) is 0 Å². The molecule has 0 aliphatic heterocycles. The highest BCUT2D eigenvalue weighted by Crippen LogP contribution is 2.31. The molecule has 0 bridgehead atoms. The van der Waals surface area contributed by atoms with E-state index in [2.05, 4.69) is 49.6 Å². The molecule has 5 nitrogen and oxygen atoms in total. The van der Waals surface area contributed by atoms with Gasteiger partial charge < -0.3 is 4.74 Å². The third-order valence-electron chi connectivity index (χ3n) is 6.25. The molecule has 0 saturated carbocycles. The van der Waals surface area contributed by atoms with E-state index >= 15 is 0 Å². The Kier molecular flexibility index (Phi) is 5.26. The summed E-state index contributed by atoms with van der Waals surface area (Å²) in [4.78, 5) is 14.7. The third kappa shape index (κ3) is 4.09. The molecular formula is C31H26N4O. The molecular weight excluding hydrogens is 444 g/mol. The molecule has 6 rings (SSSR count). The van der Waals surface area contributed by atoms with Crippen LogP contribution in [0.3, 0.4) is 0 Å². The minimum atomic E-state index is 0.0775. The van der Waals surface area contributed by atoms with Crippen molar-refractivity contribution in [1.29, 1.82) is 0 Å². The average Bonchev–Trinajstić information content (AvgIpc) is 3.26. The monoisotopic (exact) mass is 470 g/mol. The standard InChI is InChI=1S/C31H26N4O/c1-31(2,3)22-15-13-21(14-16-22)29-34-28-30(33-27-12-8-7-11-26(27)32-28)35(29)23-17-19-25(20-18-23)36-24-9-5-4-6-10-24/h4-20H,1-3H3. The number of hydrogen-bond acceptors (Lipinski definition) is 4. The maximum Gasteiger partial charge on any atom is 0.199 e. The van der Waals surface area contributed by atoms with Gasteiger partial charge in [0.05, 0.1) is 11.0 Å². The van der Waals surface area contributed by atoms with Crippen molar-refractivity contribution in [2.45, 2.75) is 26.2 Å². The van der Waals surface area contributed by atoms with Gasteiger partial charge in [0.2, 0.25) is 0 Å². The van der Waals surface area contributed by atoms with E-state index in [9.17, 15) is 0 Å². The first-order valence-corrected chi connectivity index (χ1v) is 12.1. The van der Waals surface area contributed by atoms with Crippen molar-refractivity contribution in [3.63, 3.8) is 0 Å². The first-order valence-electron chi connectivity index (χ1n) is 12.1. The predicted molar refractivity (Wildman–Crippen MR) is 145 cm³/mol. The average molecular weight is 471 g/mol. The van der Waals surface area contributed by atoms with Gasteiger partial charge in [0.15, 0.2) is 11.3 Å². The fourth-order valence-electron chi connectivity index (χ4n) is 4.30. The Hall–Kier alpha value is -4.51. The Morgan fingerprint density at radius 2 is 1.22 bits per heavy atom. The van der Waals surface area contributed by atoms with Crippen LogP contribution < -0.4 is 4.74 Å². The molecule has 0 unspecified atom stereocenters. The highest BCUT2D eigenvalue weighted by Gasteiger charge is 2.19. The zero-order valence-electron chi connectivity index (χ0n) is 20.5. The van der Waals surface area contributed by atoms with Crippen molar-refractivity contribution >= 4 is 22.3 Å². The van der Waals surface area contributed by atoms with E-state index in [0.717, 1.165) is 45.3 Å². The van der Waals surface area contributed by atoms with Gasteiger partial charge in [-0.05, 0) is 59.5 Å². The van der Waals surface area contributed by atoms with Gasteiger partial charge in [0.25, 0.3) is 0 Å². The fraction of sp³-hybridized carbons (Fsp3) is 0.129. The molecule has 2 aromatic heterocycles. The van der Waals surface area contributed by atoms with Gasteiger partial charge in [-0.15, -0.1) is 0 Å². The molecule has 4 aromatic carbocycles. The Bertz CT molecular complexity index is 1660. The van der Waals surface area contributed by atoms with Crippen LogP contribution in [0.1, 0.15) is 26.3 Å². The largest absolute Gasteiger partial charge is 0.457 e. The Balaban J connectivity index is 1.49. The molecule has 176 valence electrons. The zero-order chi connectivity index (χ0) is 24.7. The van der Waals surface area contributed by atoms with Crippen LogP contribution in [-0.4, -0.2) is 19.5 Å². The number of ether oxygens (including phenoxy) is 1. The highest BCUT2D eigenvalue weighted by molar-refractivity contribution is 5.86. The highest BCUT2D eigenvalue weighted by atomic mass is 16.5. The van der Waals surface area contributed by atoms with Crippen molar-refractivity contribution in [3.05, 3.63) is 109 Å². The lowest BCUT2D eigenvalue weighted by molar-refractivity contribution is 0.482. The Labute approximate surface area is 210 Å². The maximum atomic E-state index is 6.00. The quantitative estimate of drug-likeness (QED) is 0.265. The first kappa shape index (κ1) is 22.0. The SMILES string of the molecule is CC(C)(C)c1ccc(-c2nc3nc4ccccc4nc3n2-c2ccc(Oc3ccccc3)cc2)cc1. The number of imidazole rings is 1. The van der Waals surface area contributed by atoms with Crippen molar-refractivity contribution in [2.75, 3.05) is 0 Å². The number of rotatable bonds is 4. The van der Waals surface area contributed by atoms with Gasteiger partial charge in [-0.1, -0.05) is 75.4 Å². The van der Waals surface area contributed by atoms with E-state index in [1.807, 2.05) is 78.9 Å². The molecule has 0 atom stereocenters. The molecule has 0 amide bonds.